The molecule has 1 heterocycles. The molecule has 0 radical (unpaired) electrons. The average molecular weight is 230 g/mol. The van der Waals surface area contributed by atoms with Crippen LogP contribution in [-0.4, -0.2) is 15.8 Å². The van der Waals surface area contributed by atoms with Crippen molar-refractivity contribution in [3.05, 3.63) is 21.9 Å². The Labute approximate surface area is 92.3 Å². The molecule has 0 aliphatic rings. The van der Waals surface area contributed by atoms with E-state index in [2.05, 4.69) is 20.8 Å². The fraction of sp³-hybridized carbons (Fsp3) is 0.500. The maximum Gasteiger partial charge on any atom is 0.346 e. The Bertz CT molecular complexity index is 323. The molecule has 0 aliphatic carbocycles. The van der Waals surface area contributed by atoms with Gasteiger partial charge >= 0.3 is 5.97 Å². The third-order valence-corrected chi connectivity index (χ3v) is 3.87. The summed E-state index contributed by atoms with van der Waals surface area (Å²) in [5.41, 5.74) is 0.933. The van der Waals surface area contributed by atoms with Crippen LogP contribution in [0.3, 0.4) is 0 Å². The number of hydrogen-bond acceptors (Lipinski definition) is 3. The molecule has 1 aromatic rings. The van der Waals surface area contributed by atoms with Crippen LogP contribution in [-0.2, 0) is 5.75 Å². The monoisotopic (exact) mass is 230 g/mol. The molecule has 0 saturated heterocycles. The van der Waals surface area contributed by atoms with E-state index in [0.29, 0.717) is 4.88 Å². The third-order valence-electron chi connectivity index (χ3n) is 1.60. The zero-order valence-corrected chi connectivity index (χ0v) is 10.2. The molecule has 2 nitrogen and oxygen atoms in total. The Morgan fingerprint density at radius 2 is 2.21 bits per heavy atom. The van der Waals surface area contributed by atoms with E-state index in [-0.39, 0.29) is 4.75 Å². The molecule has 4 heteroatoms. The van der Waals surface area contributed by atoms with Crippen LogP contribution in [0.5, 0.6) is 0 Å². The van der Waals surface area contributed by atoms with Crippen molar-refractivity contribution < 1.29 is 9.90 Å². The van der Waals surface area contributed by atoms with Crippen molar-refractivity contribution in [2.45, 2.75) is 31.3 Å². The molecular formula is C10H14O2S2. The van der Waals surface area contributed by atoms with E-state index >= 15 is 0 Å². The molecule has 0 saturated carbocycles. The Morgan fingerprint density at radius 1 is 1.57 bits per heavy atom. The van der Waals surface area contributed by atoms with Crippen LogP contribution in [0.1, 0.15) is 36.0 Å². The van der Waals surface area contributed by atoms with Gasteiger partial charge in [-0.25, -0.2) is 4.79 Å². The highest BCUT2D eigenvalue weighted by Crippen LogP contribution is 2.30. The van der Waals surface area contributed by atoms with Crippen molar-refractivity contribution in [3.63, 3.8) is 0 Å². The van der Waals surface area contributed by atoms with E-state index in [4.69, 9.17) is 5.11 Å². The van der Waals surface area contributed by atoms with Crippen molar-refractivity contribution in [2.75, 3.05) is 0 Å². The number of carbonyl (C=O) groups is 1. The smallest absolute Gasteiger partial charge is 0.346 e. The Morgan fingerprint density at radius 3 is 2.71 bits per heavy atom. The molecule has 0 amide bonds. The maximum atomic E-state index is 10.8. The SMILES string of the molecule is CC(C)(C)SCc1ccsc1C(=O)O. The number of aromatic carboxylic acids is 1. The second-order valence-corrected chi connectivity index (χ2v) is 6.70. The summed E-state index contributed by atoms with van der Waals surface area (Å²) in [7, 11) is 0. The molecule has 14 heavy (non-hydrogen) atoms. The minimum Gasteiger partial charge on any atom is -0.477 e. The standard InChI is InChI=1S/C10H14O2S2/c1-10(2,3)14-6-7-4-5-13-8(7)9(11)12/h4-5H,6H2,1-3H3,(H,11,12). The summed E-state index contributed by atoms with van der Waals surface area (Å²) in [5.74, 6) is -0.0428. The Kier molecular flexibility index (Phi) is 3.61. The summed E-state index contributed by atoms with van der Waals surface area (Å²) in [6.45, 7) is 6.39. The molecule has 0 aromatic carbocycles. The average Bonchev–Trinajstić information content (AvgIpc) is 2.46. The summed E-state index contributed by atoms with van der Waals surface area (Å²) in [5, 5.41) is 10.7. The van der Waals surface area contributed by atoms with E-state index in [1.165, 1.54) is 11.3 Å². The number of carboxylic acid groups (broad SMARTS) is 1. The molecule has 0 fully saturated rings. The largest absolute Gasteiger partial charge is 0.477 e. The Balaban J connectivity index is 2.68. The summed E-state index contributed by atoms with van der Waals surface area (Å²) in [6.07, 6.45) is 0. The zero-order chi connectivity index (χ0) is 10.8. The van der Waals surface area contributed by atoms with Crippen LogP contribution in [0.4, 0.5) is 0 Å². The second-order valence-electron chi connectivity index (χ2n) is 3.98. The first-order chi connectivity index (χ1) is 6.40. The first kappa shape index (κ1) is 11.6. The fourth-order valence-electron chi connectivity index (χ4n) is 0.931. The van der Waals surface area contributed by atoms with E-state index in [0.717, 1.165) is 11.3 Å². The van der Waals surface area contributed by atoms with Gasteiger partial charge in [-0.15, -0.1) is 11.3 Å². The van der Waals surface area contributed by atoms with Gasteiger partial charge in [-0.1, -0.05) is 20.8 Å². The van der Waals surface area contributed by atoms with Gasteiger partial charge in [-0.2, -0.15) is 11.8 Å². The molecule has 0 spiro atoms. The molecule has 0 bridgehead atoms. The molecular weight excluding hydrogens is 216 g/mol. The van der Waals surface area contributed by atoms with Gasteiger partial charge in [-0.05, 0) is 17.0 Å². The summed E-state index contributed by atoms with van der Waals surface area (Å²) in [6, 6.07) is 1.90. The van der Waals surface area contributed by atoms with Crippen molar-refractivity contribution in [1.29, 1.82) is 0 Å². The van der Waals surface area contributed by atoms with E-state index < -0.39 is 5.97 Å². The number of carboxylic acids is 1. The van der Waals surface area contributed by atoms with Gasteiger partial charge in [0.05, 0.1) is 0 Å². The zero-order valence-electron chi connectivity index (χ0n) is 8.53. The minimum atomic E-state index is -0.815. The lowest BCUT2D eigenvalue weighted by molar-refractivity contribution is 0.0701. The van der Waals surface area contributed by atoms with Crippen LogP contribution in [0.2, 0.25) is 0 Å². The van der Waals surface area contributed by atoms with Gasteiger partial charge in [0.15, 0.2) is 0 Å². The lowest BCUT2D eigenvalue weighted by Gasteiger charge is -2.17. The van der Waals surface area contributed by atoms with Crippen LogP contribution >= 0.6 is 23.1 Å². The van der Waals surface area contributed by atoms with Crippen molar-refractivity contribution in [3.8, 4) is 0 Å². The van der Waals surface area contributed by atoms with Crippen molar-refractivity contribution >= 4 is 29.1 Å². The molecule has 1 N–H and O–H groups in total. The highest BCUT2D eigenvalue weighted by Gasteiger charge is 2.15. The van der Waals surface area contributed by atoms with Gasteiger partial charge < -0.3 is 5.11 Å². The second kappa shape index (κ2) is 4.36. The molecule has 0 aliphatic heterocycles. The predicted octanol–water partition coefficient (Wildman–Crippen LogP) is 3.48. The van der Waals surface area contributed by atoms with Crippen molar-refractivity contribution in [1.82, 2.24) is 0 Å². The molecule has 0 atom stereocenters. The van der Waals surface area contributed by atoms with Gasteiger partial charge in [0.2, 0.25) is 0 Å². The lowest BCUT2D eigenvalue weighted by atomic mass is 10.3. The van der Waals surface area contributed by atoms with Crippen molar-refractivity contribution in [2.24, 2.45) is 0 Å². The Hall–Kier alpha value is -0.480. The topological polar surface area (TPSA) is 37.3 Å². The van der Waals surface area contributed by atoms with Gasteiger partial charge in [-0.3, -0.25) is 0 Å². The van der Waals surface area contributed by atoms with Gasteiger partial charge in [0.25, 0.3) is 0 Å². The van der Waals surface area contributed by atoms with Crippen LogP contribution < -0.4 is 0 Å². The van der Waals surface area contributed by atoms with Gasteiger partial charge in [0, 0.05) is 10.5 Å². The summed E-state index contributed by atoms with van der Waals surface area (Å²) in [4.78, 5) is 11.3. The fourth-order valence-corrected chi connectivity index (χ4v) is 2.61. The third kappa shape index (κ3) is 3.35. The van der Waals surface area contributed by atoms with E-state index in [1.54, 1.807) is 11.8 Å². The highest BCUT2D eigenvalue weighted by molar-refractivity contribution is 7.99. The first-order valence-electron chi connectivity index (χ1n) is 4.34. The summed E-state index contributed by atoms with van der Waals surface area (Å²) < 4.78 is 0.178. The number of hydrogen-bond donors (Lipinski definition) is 1. The predicted molar refractivity (Wildman–Crippen MR) is 62.3 cm³/mol. The maximum absolute atomic E-state index is 10.8. The molecule has 1 aromatic heterocycles. The lowest BCUT2D eigenvalue weighted by Crippen LogP contribution is -2.08. The van der Waals surface area contributed by atoms with Crippen LogP contribution in [0.15, 0.2) is 11.4 Å². The summed E-state index contributed by atoms with van der Waals surface area (Å²) >= 11 is 3.06. The normalized spacial score (nSPS) is 11.6. The van der Waals surface area contributed by atoms with E-state index in [9.17, 15) is 4.79 Å². The first-order valence-corrected chi connectivity index (χ1v) is 6.20. The molecule has 1 rings (SSSR count). The highest BCUT2D eigenvalue weighted by atomic mass is 32.2. The van der Waals surface area contributed by atoms with Crippen LogP contribution in [0.25, 0.3) is 0 Å². The number of thiophene rings is 1. The van der Waals surface area contributed by atoms with Gasteiger partial charge in [0.1, 0.15) is 4.88 Å². The molecule has 78 valence electrons. The number of rotatable bonds is 3. The quantitative estimate of drug-likeness (QED) is 0.863. The number of thioether (sulfide) groups is 1. The van der Waals surface area contributed by atoms with Crippen LogP contribution in [0, 0.1) is 0 Å². The molecule has 0 unspecified atom stereocenters. The minimum absolute atomic E-state index is 0.178. The van der Waals surface area contributed by atoms with E-state index in [1.807, 2.05) is 11.4 Å².